The summed E-state index contributed by atoms with van der Waals surface area (Å²) in [5, 5.41) is 0. The summed E-state index contributed by atoms with van der Waals surface area (Å²) >= 11 is 0. The van der Waals surface area contributed by atoms with E-state index in [2.05, 4.69) is 0 Å². The van der Waals surface area contributed by atoms with E-state index >= 15 is 0 Å². The number of ether oxygens (including phenoxy) is 1. The van der Waals surface area contributed by atoms with Gasteiger partial charge in [0.05, 0.1) is 19.4 Å². The van der Waals surface area contributed by atoms with Crippen LogP contribution in [0, 0.1) is 0 Å². The minimum atomic E-state index is -2.33. The minimum Gasteiger partial charge on any atom is -0.520 e. The van der Waals surface area contributed by atoms with Gasteiger partial charge in [0.15, 0.2) is 13.9 Å². The lowest BCUT2D eigenvalue weighted by Gasteiger charge is -2.36. The Labute approximate surface area is 166 Å². The summed E-state index contributed by atoms with van der Waals surface area (Å²) in [6.07, 6.45) is -0.748. The normalized spacial score (nSPS) is 13.1. The van der Waals surface area contributed by atoms with E-state index < -0.39 is 48.5 Å². The molecule has 0 fully saturated rings. The summed E-state index contributed by atoms with van der Waals surface area (Å²) in [7, 11) is -6.66. The van der Waals surface area contributed by atoms with Gasteiger partial charge in [-0.1, -0.05) is 0 Å². The summed E-state index contributed by atoms with van der Waals surface area (Å²) < 4.78 is 22.3. The van der Waals surface area contributed by atoms with E-state index in [1.807, 2.05) is 58.9 Å². The molecule has 0 spiro atoms. The van der Waals surface area contributed by atoms with Crippen LogP contribution in [0.1, 0.15) is 19.8 Å². The molecule has 0 aliphatic carbocycles. The van der Waals surface area contributed by atoms with Crippen molar-refractivity contribution < 1.29 is 32.4 Å². The molecule has 0 saturated heterocycles. The van der Waals surface area contributed by atoms with Gasteiger partial charge in [-0.15, -0.1) is 0 Å². The smallest absolute Gasteiger partial charge is 0.338 e. The van der Waals surface area contributed by atoms with Crippen molar-refractivity contribution in [3.05, 3.63) is 0 Å². The molecule has 0 radical (unpaired) electrons. The Morgan fingerprint density at radius 1 is 0.704 bits per heavy atom. The van der Waals surface area contributed by atoms with Crippen molar-refractivity contribution in [1.29, 1.82) is 0 Å². The van der Waals surface area contributed by atoms with Crippen LogP contribution >= 0.6 is 0 Å². The van der Waals surface area contributed by atoms with Crippen molar-refractivity contribution in [2.24, 2.45) is 0 Å². The highest BCUT2D eigenvalue weighted by atomic mass is 28.4. The van der Waals surface area contributed by atoms with Crippen molar-refractivity contribution in [3.8, 4) is 0 Å². The predicted molar refractivity (Wildman–Crippen MR) is 112 cm³/mol. The molecule has 10 heteroatoms. The maximum atomic E-state index is 12.8. The van der Waals surface area contributed by atoms with Gasteiger partial charge in [-0.2, -0.15) is 0 Å². The number of carbonyl (C=O) groups excluding carboxylic acids is 3. The molecule has 0 N–H and O–H groups in total. The third kappa shape index (κ3) is 11.5. The van der Waals surface area contributed by atoms with E-state index in [9.17, 15) is 14.4 Å². The van der Waals surface area contributed by atoms with Gasteiger partial charge in [0.2, 0.25) is 16.6 Å². The fourth-order valence-corrected chi connectivity index (χ4v) is 5.30. The zero-order valence-corrected chi connectivity index (χ0v) is 21.5. The average molecular weight is 437 g/mol. The van der Waals surface area contributed by atoms with Gasteiger partial charge in [-0.3, -0.25) is 9.59 Å². The van der Waals surface area contributed by atoms with Crippen LogP contribution in [0.4, 0.5) is 0 Å². The molecule has 0 heterocycles. The molecule has 0 amide bonds. The second-order valence-electron chi connectivity index (χ2n) is 9.46. The first kappa shape index (κ1) is 26.0. The monoisotopic (exact) mass is 436 g/mol. The van der Waals surface area contributed by atoms with Gasteiger partial charge in [0, 0.05) is 0 Å². The topological polar surface area (TPSA) is 88.1 Å². The highest BCUT2D eigenvalue weighted by molar-refractivity contribution is 6.72. The van der Waals surface area contributed by atoms with Crippen molar-refractivity contribution in [2.45, 2.75) is 84.3 Å². The van der Waals surface area contributed by atoms with E-state index in [0.717, 1.165) is 0 Å². The number of hydrogen-bond acceptors (Lipinski definition) is 7. The summed E-state index contributed by atoms with van der Waals surface area (Å²) in [6.45, 7) is 18.7. The fourth-order valence-electron chi connectivity index (χ4n) is 2.39. The number of hydrogen-bond donors (Lipinski definition) is 0. The van der Waals surface area contributed by atoms with Crippen LogP contribution in [0.3, 0.4) is 0 Å². The Kier molecular flexibility index (Phi) is 9.14. The molecular formula is C17H36O7Si3. The fraction of sp³-hybridized carbons (Fsp3) is 0.824. The van der Waals surface area contributed by atoms with Crippen molar-refractivity contribution >= 4 is 42.9 Å². The third-order valence-corrected chi connectivity index (χ3v) is 5.53. The molecule has 0 aliphatic rings. The molecule has 7 nitrogen and oxygen atoms in total. The molecule has 0 aromatic carbocycles. The maximum Gasteiger partial charge on any atom is 0.338 e. The van der Waals surface area contributed by atoms with E-state index in [1.54, 1.807) is 6.92 Å². The van der Waals surface area contributed by atoms with Crippen LogP contribution in [-0.4, -0.2) is 55.1 Å². The van der Waals surface area contributed by atoms with Crippen LogP contribution in [0.15, 0.2) is 0 Å². The Balaban J connectivity index is 5.90. The quantitative estimate of drug-likeness (QED) is 0.381. The molecule has 0 bridgehead atoms. The molecule has 27 heavy (non-hydrogen) atoms. The highest BCUT2D eigenvalue weighted by Crippen LogP contribution is 2.30. The van der Waals surface area contributed by atoms with Crippen molar-refractivity contribution in [3.63, 3.8) is 0 Å². The Bertz CT molecular complexity index is 512. The standard InChI is InChI=1S/C17H36O7Si3/c1-11-21-16(20)17(24-27(8,9)10,12-14(18)22-25(2,3)4)13-15(19)23-26(5,6)7/h11-13H2,1-10H3. The van der Waals surface area contributed by atoms with Crippen LogP contribution in [-0.2, 0) is 32.4 Å². The van der Waals surface area contributed by atoms with Crippen LogP contribution in [0.25, 0.3) is 0 Å². The number of carbonyl (C=O) groups is 3. The number of esters is 1. The van der Waals surface area contributed by atoms with E-state index in [1.165, 1.54) is 0 Å². The average Bonchev–Trinajstić information content (AvgIpc) is 2.31. The van der Waals surface area contributed by atoms with Gasteiger partial charge >= 0.3 is 5.97 Å². The largest absolute Gasteiger partial charge is 0.520 e. The second-order valence-corrected chi connectivity index (χ2v) is 22.7. The Morgan fingerprint density at radius 2 is 1.07 bits per heavy atom. The molecule has 0 aromatic rings. The van der Waals surface area contributed by atoms with Crippen LogP contribution < -0.4 is 0 Å². The third-order valence-electron chi connectivity index (χ3n) is 2.85. The highest BCUT2D eigenvalue weighted by Gasteiger charge is 2.49. The minimum absolute atomic E-state index is 0.113. The lowest BCUT2D eigenvalue weighted by atomic mass is 9.96. The Morgan fingerprint density at radius 3 is 1.33 bits per heavy atom. The van der Waals surface area contributed by atoms with E-state index in [-0.39, 0.29) is 19.4 Å². The van der Waals surface area contributed by atoms with Crippen molar-refractivity contribution in [2.75, 3.05) is 6.61 Å². The predicted octanol–water partition coefficient (Wildman–Crippen LogP) is 3.68. The SMILES string of the molecule is CCOC(=O)C(CC(=O)O[Si](C)(C)C)(CC(=O)O[Si](C)(C)C)O[Si](C)(C)C. The van der Waals surface area contributed by atoms with Gasteiger partial charge in [0.1, 0.15) is 0 Å². The van der Waals surface area contributed by atoms with Gasteiger partial charge < -0.3 is 18.0 Å². The summed E-state index contributed by atoms with van der Waals surface area (Å²) in [5.74, 6) is -1.87. The molecule has 0 unspecified atom stereocenters. The molecule has 0 aromatic heterocycles. The first-order valence-electron chi connectivity index (χ1n) is 9.20. The molecular weight excluding hydrogens is 400 g/mol. The summed E-state index contributed by atoms with van der Waals surface area (Å²) in [5.41, 5.74) is -1.73. The van der Waals surface area contributed by atoms with Crippen LogP contribution in [0.2, 0.25) is 58.9 Å². The lowest BCUT2D eigenvalue weighted by Crippen LogP contribution is -2.53. The molecule has 0 aliphatic heterocycles. The van der Waals surface area contributed by atoms with Crippen LogP contribution in [0.5, 0.6) is 0 Å². The summed E-state index contributed by atoms with van der Waals surface area (Å²) in [6, 6.07) is 0. The molecule has 158 valence electrons. The van der Waals surface area contributed by atoms with E-state index in [0.29, 0.717) is 0 Å². The van der Waals surface area contributed by atoms with Gasteiger partial charge in [-0.05, 0) is 65.8 Å². The second kappa shape index (κ2) is 9.48. The molecule has 0 atom stereocenters. The zero-order valence-electron chi connectivity index (χ0n) is 18.5. The lowest BCUT2D eigenvalue weighted by molar-refractivity contribution is -0.172. The first-order valence-corrected chi connectivity index (χ1v) is 19.4. The maximum absolute atomic E-state index is 12.8. The number of rotatable bonds is 10. The molecule has 0 rings (SSSR count). The Hall–Kier alpha value is -0.979. The van der Waals surface area contributed by atoms with Crippen molar-refractivity contribution in [1.82, 2.24) is 0 Å². The van der Waals surface area contributed by atoms with Gasteiger partial charge in [0.25, 0.3) is 11.9 Å². The van der Waals surface area contributed by atoms with Gasteiger partial charge in [-0.25, -0.2) is 4.79 Å². The molecule has 0 saturated carbocycles. The van der Waals surface area contributed by atoms with E-state index in [4.69, 9.17) is 18.0 Å². The first-order chi connectivity index (χ1) is 11.9. The zero-order chi connectivity index (χ0) is 21.7. The summed E-state index contributed by atoms with van der Waals surface area (Å²) in [4.78, 5) is 37.9.